The average molecular weight is 356 g/mol. The summed E-state index contributed by atoms with van der Waals surface area (Å²) >= 11 is 0. The van der Waals surface area contributed by atoms with Crippen molar-refractivity contribution >= 4 is 5.91 Å². The van der Waals surface area contributed by atoms with E-state index in [4.69, 9.17) is 5.73 Å². The second kappa shape index (κ2) is 6.76. The predicted octanol–water partition coefficient (Wildman–Crippen LogP) is 2.90. The zero-order valence-corrected chi connectivity index (χ0v) is 15.9. The molecule has 1 unspecified atom stereocenters. The minimum atomic E-state index is -0.250. The monoisotopic (exact) mass is 356 g/mol. The third-order valence-electron chi connectivity index (χ3n) is 5.32. The Hall–Kier alpha value is -2.34. The van der Waals surface area contributed by atoms with Gasteiger partial charge in [-0.05, 0) is 35.4 Å². The summed E-state index contributed by atoms with van der Waals surface area (Å²) in [4.78, 5) is 14.6. The molecule has 1 aliphatic heterocycles. The minimum Gasteiger partial charge on any atom is -0.504 e. The second-order valence-electron chi connectivity index (χ2n) is 8.16. The van der Waals surface area contributed by atoms with Crippen molar-refractivity contribution in [2.45, 2.75) is 46.1 Å². The molecule has 1 aromatic heterocycles. The normalized spacial score (nSPS) is 19.8. The van der Waals surface area contributed by atoms with Crippen LogP contribution in [0, 0.1) is 5.41 Å². The van der Waals surface area contributed by atoms with Gasteiger partial charge in [0.25, 0.3) is 5.91 Å². The zero-order valence-electron chi connectivity index (χ0n) is 15.9. The molecule has 0 radical (unpaired) electrons. The Morgan fingerprint density at radius 2 is 1.96 bits per heavy atom. The summed E-state index contributed by atoms with van der Waals surface area (Å²) < 4.78 is 1.55. The summed E-state index contributed by atoms with van der Waals surface area (Å²) in [6.07, 6.45) is 2.23. The van der Waals surface area contributed by atoms with Gasteiger partial charge < -0.3 is 15.7 Å². The first-order valence-corrected chi connectivity index (χ1v) is 9.13. The van der Waals surface area contributed by atoms with Gasteiger partial charge in [0, 0.05) is 19.1 Å². The number of aromatic hydroxyl groups is 1. The number of piperidine rings is 1. The molecule has 6 nitrogen and oxygen atoms in total. The van der Waals surface area contributed by atoms with Crippen LogP contribution in [0.2, 0.25) is 0 Å². The molecule has 3 N–H and O–H groups in total. The smallest absolute Gasteiger partial charge is 0.278 e. The van der Waals surface area contributed by atoms with Crippen LogP contribution in [0.5, 0.6) is 5.75 Å². The molecular formula is C20H28N4O2. The predicted molar refractivity (Wildman–Crippen MR) is 102 cm³/mol. The number of nitrogens with zero attached hydrogens (tertiary/aromatic N) is 3. The molecule has 3 rings (SSSR count). The van der Waals surface area contributed by atoms with Crippen molar-refractivity contribution in [2.75, 3.05) is 13.1 Å². The molecule has 6 heteroatoms. The summed E-state index contributed by atoms with van der Waals surface area (Å²) in [7, 11) is 0. The Morgan fingerprint density at radius 3 is 2.54 bits per heavy atom. The van der Waals surface area contributed by atoms with Gasteiger partial charge in [0.15, 0.2) is 11.4 Å². The molecule has 1 aliphatic rings. The van der Waals surface area contributed by atoms with Gasteiger partial charge >= 0.3 is 0 Å². The van der Waals surface area contributed by atoms with Crippen molar-refractivity contribution in [1.29, 1.82) is 0 Å². The summed E-state index contributed by atoms with van der Waals surface area (Å²) in [5.74, 6) is 0.0941. The van der Waals surface area contributed by atoms with Crippen LogP contribution in [0.4, 0.5) is 0 Å². The van der Waals surface area contributed by atoms with Gasteiger partial charge in [0.1, 0.15) is 0 Å². The molecule has 2 aromatic rings. The number of carbonyl (C=O) groups excluding carboxylic acids is 1. The number of hydrogen-bond acceptors (Lipinski definition) is 4. The lowest BCUT2D eigenvalue weighted by Gasteiger charge is -2.42. The van der Waals surface area contributed by atoms with Crippen molar-refractivity contribution in [3.8, 4) is 11.4 Å². The number of aromatic nitrogens is 2. The Bertz CT molecular complexity index is 793. The van der Waals surface area contributed by atoms with Gasteiger partial charge in [-0.2, -0.15) is 5.10 Å². The number of rotatable bonds is 3. The van der Waals surface area contributed by atoms with Crippen LogP contribution >= 0.6 is 0 Å². The Balaban J connectivity index is 1.83. The molecule has 0 bridgehead atoms. The minimum absolute atomic E-state index is 0.0668. The van der Waals surface area contributed by atoms with Crippen LogP contribution in [0.1, 0.15) is 56.1 Å². The summed E-state index contributed by atoms with van der Waals surface area (Å²) in [6.45, 7) is 9.54. The van der Waals surface area contributed by atoms with Crippen LogP contribution in [0.3, 0.4) is 0 Å². The fourth-order valence-corrected chi connectivity index (χ4v) is 3.36. The summed E-state index contributed by atoms with van der Waals surface area (Å²) in [6, 6.07) is 8.03. The van der Waals surface area contributed by atoms with Gasteiger partial charge in [-0.1, -0.05) is 39.8 Å². The van der Waals surface area contributed by atoms with E-state index in [2.05, 4.69) is 32.8 Å². The Morgan fingerprint density at radius 1 is 1.31 bits per heavy atom. The molecule has 1 fully saturated rings. The largest absolute Gasteiger partial charge is 0.504 e. The number of amides is 1. The third kappa shape index (κ3) is 3.46. The quantitative estimate of drug-likeness (QED) is 0.886. The number of carbonyl (C=O) groups is 1. The van der Waals surface area contributed by atoms with Gasteiger partial charge in [0.05, 0.1) is 11.9 Å². The van der Waals surface area contributed by atoms with Gasteiger partial charge in [0.2, 0.25) is 0 Å². The SMILES string of the molecule is CC(C)c1ccc(-n2cc(O)c(C(=O)N3CCC(N)C(C)(C)C3)n2)cc1. The van der Waals surface area contributed by atoms with E-state index in [1.54, 1.807) is 9.58 Å². The molecule has 1 atom stereocenters. The molecule has 0 saturated carbocycles. The number of hydrogen-bond donors (Lipinski definition) is 2. The van der Waals surface area contributed by atoms with E-state index in [1.807, 2.05) is 24.3 Å². The van der Waals surface area contributed by atoms with E-state index in [0.717, 1.165) is 12.1 Å². The molecule has 1 amide bonds. The molecule has 26 heavy (non-hydrogen) atoms. The topological polar surface area (TPSA) is 84.4 Å². The fourth-order valence-electron chi connectivity index (χ4n) is 3.36. The zero-order chi connectivity index (χ0) is 19.1. The van der Waals surface area contributed by atoms with Crippen LogP contribution in [-0.2, 0) is 0 Å². The number of nitrogens with two attached hydrogens (primary N) is 1. The van der Waals surface area contributed by atoms with Gasteiger partial charge in [-0.25, -0.2) is 4.68 Å². The first-order chi connectivity index (χ1) is 12.2. The van der Waals surface area contributed by atoms with Gasteiger partial charge in [-0.15, -0.1) is 0 Å². The highest BCUT2D eigenvalue weighted by atomic mass is 16.3. The molecule has 0 spiro atoms. The van der Waals surface area contributed by atoms with E-state index >= 15 is 0 Å². The first-order valence-electron chi connectivity index (χ1n) is 9.13. The Kier molecular flexibility index (Phi) is 4.80. The summed E-state index contributed by atoms with van der Waals surface area (Å²) in [5, 5.41) is 14.6. The van der Waals surface area contributed by atoms with Crippen molar-refractivity contribution in [3.05, 3.63) is 41.7 Å². The highest BCUT2D eigenvalue weighted by molar-refractivity contribution is 5.95. The first kappa shape index (κ1) is 18.5. The molecule has 2 heterocycles. The number of benzene rings is 1. The standard InChI is InChI=1S/C20H28N4O2/c1-13(2)14-5-7-15(8-6-14)24-11-16(25)18(22-24)19(26)23-10-9-17(21)20(3,4)12-23/h5-8,11,13,17,25H,9-10,12,21H2,1-4H3. The third-order valence-corrected chi connectivity index (χ3v) is 5.32. The molecule has 1 aromatic carbocycles. The highest BCUT2D eigenvalue weighted by Gasteiger charge is 2.36. The van der Waals surface area contributed by atoms with E-state index < -0.39 is 0 Å². The average Bonchev–Trinajstić information content (AvgIpc) is 2.98. The van der Waals surface area contributed by atoms with Crippen LogP contribution in [0.25, 0.3) is 5.69 Å². The maximum absolute atomic E-state index is 12.9. The second-order valence-corrected chi connectivity index (χ2v) is 8.16. The lowest BCUT2D eigenvalue weighted by atomic mass is 9.79. The fraction of sp³-hybridized carbons (Fsp3) is 0.500. The van der Waals surface area contributed by atoms with E-state index in [1.165, 1.54) is 11.8 Å². The lowest BCUT2D eigenvalue weighted by molar-refractivity contribution is 0.0524. The molecule has 140 valence electrons. The lowest BCUT2D eigenvalue weighted by Crippen LogP contribution is -2.54. The van der Waals surface area contributed by atoms with Crippen molar-refractivity contribution < 1.29 is 9.90 Å². The van der Waals surface area contributed by atoms with E-state index in [-0.39, 0.29) is 28.8 Å². The maximum Gasteiger partial charge on any atom is 0.278 e. The van der Waals surface area contributed by atoms with Crippen LogP contribution in [-0.4, -0.2) is 44.8 Å². The van der Waals surface area contributed by atoms with Crippen molar-refractivity contribution in [1.82, 2.24) is 14.7 Å². The van der Waals surface area contributed by atoms with E-state index in [0.29, 0.717) is 19.0 Å². The highest BCUT2D eigenvalue weighted by Crippen LogP contribution is 2.30. The van der Waals surface area contributed by atoms with Crippen molar-refractivity contribution in [2.24, 2.45) is 11.1 Å². The van der Waals surface area contributed by atoms with Crippen LogP contribution < -0.4 is 5.73 Å². The van der Waals surface area contributed by atoms with E-state index in [9.17, 15) is 9.90 Å². The Labute approximate surface area is 154 Å². The van der Waals surface area contributed by atoms with Gasteiger partial charge in [-0.3, -0.25) is 4.79 Å². The molecular weight excluding hydrogens is 328 g/mol. The molecule has 0 aliphatic carbocycles. The van der Waals surface area contributed by atoms with Crippen LogP contribution in [0.15, 0.2) is 30.5 Å². The van der Waals surface area contributed by atoms with Crippen molar-refractivity contribution in [3.63, 3.8) is 0 Å². The maximum atomic E-state index is 12.9. The summed E-state index contributed by atoms with van der Waals surface area (Å²) in [5.41, 5.74) is 8.12. The molecule has 1 saturated heterocycles. The number of likely N-dealkylation sites (tertiary alicyclic amines) is 1.